The Labute approximate surface area is 91.5 Å². The Balaban J connectivity index is 1.85. The minimum absolute atomic E-state index is 0.203. The zero-order valence-electron chi connectivity index (χ0n) is 9.34. The maximum Gasteiger partial charge on any atom is 0.217 e. The van der Waals surface area contributed by atoms with Crippen molar-refractivity contribution in [2.24, 2.45) is 5.73 Å². The average molecular weight is 214 g/mol. The van der Waals surface area contributed by atoms with E-state index in [-0.39, 0.29) is 5.91 Å². The van der Waals surface area contributed by atoms with Gasteiger partial charge in [-0.2, -0.15) is 0 Å². The Morgan fingerprint density at radius 2 is 2.27 bits per heavy atom. The minimum Gasteiger partial charge on any atom is -0.377 e. The summed E-state index contributed by atoms with van der Waals surface area (Å²) in [6.45, 7) is 2.80. The van der Waals surface area contributed by atoms with E-state index >= 15 is 0 Å². The van der Waals surface area contributed by atoms with Crippen molar-refractivity contribution in [1.82, 2.24) is 5.32 Å². The van der Waals surface area contributed by atoms with Crippen LogP contribution in [0.4, 0.5) is 0 Å². The molecule has 1 aliphatic rings. The molecule has 1 fully saturated rings. The number of primary amides is 1. The molecule has 88 valence electrons. The summed E-state index contributed by atoms with van der Waals surface area (Å²) in [7, 11) is 0. The van der Waals surface area contributed by atoms with Gasteiger partial charge in [-0.3, -0.25) is 4.79 Å². The van der Waals surface area contributed by atoms with Crippen LogP contribution in [-0.2, 0) is 9.53 Å². The molecule has 0 aromatic heterocycles. The largest absolute Gasteiger partial charge is 0.377 e. The fraction of sp³-hybridized carbons (Fsp3) is 0.909. The molecule has 4 nitrogen and oxygen atoms in total. The van der Waals surface area contributed by atoms with Gasteiger partial charge in [-0.25, -0.2) is 0 Å². The van der Waals surface area contributed by atoms with Crippen LogP contribution in [0, 0.1) is 0 Å². The van der Waals surface area contributed by atoms with Gasteiger partial charge >= 0.3 is 0 Å². The number of hydrogen-bond acceptors (Lipinski definition) is 3. The summed E-state index contributed by atoms with van der Waals surface area (Å²) in [5.41, 5.74) is 5.04. The van der Waals surface area contributed by atoms with Crippen LogP contribution in [0.2, 0.25) is 0 Å². The zero-order valence-corrected chi connectivity index (χ0v) is 9.34. The van der Waals surface area contributed by atoms with Crippen molar-refractivity contribution in [3.8, 4) is 0 Å². The number of amides is 1. The van der Waals surface area contributed by atoms with Crippen molar-refractivity contribution < 1.29 is 9.53 Å². The predicted molar refractivity (Wildman–Crippen MR) is 59.5 cm³/mol. The van der Waals surface area contributed by atoms with E-state index in [0.29, 0.717) is 12.5 Å². The van der Waals surface area contributed by atoms with Gasteiger partial charge in [-0.15, -0.1) is 0 Å². The third kappa shape index (κ3) is 6.47. The molecule has 0 saturated carbocycles. The van der Waals surface area contributed by atoms with Gasteiger partial charge in [0.25, 0.3) is 0 Å². The van der Waals surface area contributed by atoms with E-state index < -0.39 is 0 Å². The van der Waals surface area contributed by atoms with Crippen LogP contribution in [0.5, 0.6) is 0 Å². The second-order valence-corrected chi connectivity index (χ2v) is 4.12. The van der Waals surface area contributed by atoms with Gasteiger partial charge in [-0.05, 0) is 38.6 Å². The molecule has 4 heteroatoms. The van der Waals surface area contributed by atoms with Crippen molar-refractivity contribution in [3.05, 3.63) is 0 Å². The summed E-state index contributed by atoms with van der Waals surface area (Å²) in [5.74, 6) is -0.203. The molecular weight excluding hydrogens is 192 g/mol. The lowest BCUT2D eigenvalue weighted by atomic mass is 10.1. The topological polar surface area (TPSA) is 64.4 Å². The molecule has 3 N–H and O–H groups in total. The fourth-order valence-electron chi connectivity index (χ4n) is 1.78. The fourth-order valence-corrected chi connectivity index (χ4v) is 1.78. The highest BCUT2D eigenvalue weighted by Crippen LogP contribution is 2.11. The van der Waals surface area contributed by atoms with Crippen LogP contribution in [-0.4, -0.2) is 31.7 Å². The molecule has 1 atom stereocenters. The summed E-state index contributed by atoms with van der Waals surface area (Å²) in [4.78, 5) is 10.5. The summed E-state index contributed by atoms with van der Waals surface area (Å²) < 4.78 is 5.59. The molecule has 1 amide bonds. The maximum atomic E-state index is 10.5. The molecule has 1 saturated heterocycles. The number of unbranched alkanes of at least 4 members (excludes halogenated alkanes) is 1. The van der Waals surface area contributed by atoms with Crippen molar-refractivity contribution in [1.29, 1.82) is 0 Å². The second-order valence-electron chi connectivity index (χ2n) is 4.12. The lowest BCUT2D eigenvalue weighted by Gasteiger charge is -2.22. The third-order valence-corrected chi connectivity index (χ3v) is 2.67. The molecular formula is C11H22N2O2. The average Bonchev–Trinajstić information content (AvgIpc) is 2.24. The Kier molecular flexibility index (Phi) is 6.36. The smallest absolute Gasteiger partial charge is 0.217 e. The third-order valence-electron chi connectivity index (χ3n) is 2.67. The van der Waals surface area contributed by atoms with Crippen molar-refractivity contribution in [2.75, 3.05) is 19.7 Å². The first-order valence-corrected chi connectivity index (χ1v) is 5.89. The Hall–Kier alpha value is -0.610. The van der Waals surface area contributed by atoms with Gasteiger partial charge in [0.2, 0.25) is 5.91 Å². The quantitative estimate of drug-likeness (QED) is 0.616. The molecule has 1 unspecified atom stereocenters. The highest BCUT2D eigenvalue weighted by molar-refractivity contribution is 5.73. The van der Waals surface area contributed by atoms with Gasteiger partial charge in [0, 0.05) is 19.6 Å². The standard InChI is InChI=1S/C11H22N2O2/c12-11(14)6-1-3-7-13-9-10-5-2-4-8-15-10/h10,13H,1-9H2,(H2,12,14). The number of rotatable bonds is 7. The normalized spacial score (nSPS) is 21.5. The van der Waals surface area contributed by atoms with E-state index in [1.54, 1.807) is 0 Å². The van der Waals surface area contributed by atoms with Gasteiger partial charge in [-0.1, -0.05) is 0 Å². The molecule has 15 heavy (non-hydrogen) atoms. The number of ether oxygens (including phenoxy) is 1. The Bertz CT molecular complexity index is 179. The molecule has 1 aliphatic heterocycles. The van der Waals surface area contributed by atoms with Crippen molar-refractivity contribution >= 4 is 5.91 Å². The van der Waals surface area contributed by atoms with Gasteiger partial charge < -0.3 is 15.8 Å². The molecule has 0 radical (unpaired) electrons. The van der Waals surface area contributed by atoms with E-state index in [1.807, 2.05) is 0 Å². The van der Waals surface area contributed by atoms with Gasteiger partial charge in [0.15, 0.2) is 0 Å². The van der Waals surface area contributed by atoms with E-state index in [4.69, 9.17) is 10.5 Å². The summed E-state index contributed by atoms with van der Waals surface area (Å²) in [6.07, 6.45) is 6.46. The van der Waals surface area contributed by atoms with Crippen LogP contribution >= 0.6 is 0 Å². The molecule has 0 aromatic carbocycles. The number of hydrogen-bond donors (Lipinski definition) is 2. The van der Waals surface area contributed by atoms with E-state index in [0.717, 1.165) is 32.5 Å². The minimum atomic E-state index is -0.203. The second kappa shape index (κ2) is 7.65. The first-order valence-electron chi connectivity index (χ1n) is 5.89. The highest BCUT2D eigenvalue weighted by atomic mass is 16.5. The molecule has 1 heterocycles. The van der Waals surface area contributed by atoms with Gasteiger partial charge in [0.1, 0.15) is 0 Å². The van der Waals surface area contributed by atoms with Crippen molar-refractivity contribution in [3.63, 3.8) is 0 Å². The molecule has 0 aromatic rings. The van der Waals surface area contributed by atoms with Crippen LogP contribution in [0.3, 0.4) is 0 Å². The first kappa shape index (κ1) is 12.5. The number of carbonyl (C=O) groups is 1. The summed E-state index contributed by atoms with van der Waals surface area (Å²) in [6, 6.07) is 0. The van der Waals surface area contributed by atoms with Crippen LogP contribution in [0.15, 0.2) is 0 Å². The maximum absolute atomic E-state index is 10.5. The number of carbonyl (C=O) groups excluding carboxylic acids is 1. The van der Waals surface area contributed by atoms with Crippen LogP contribution in [0.25, 0.3) is 0 Å². The van der Waals surface area contributed by atoms with Crippen LogP contribution in [0.1, 0.15) is 38.5 Å². The Morgan fingerprint density at radius 1 is 1.40 bits per heavy atom. The SMILES string of the molecule is NC(=O)CCCCNCC1CCCCO1. The van der Waals surface area contributed by atoms with E-state index in [9.17, 15) is 4.79 Å². The van der Waals surface area contributed by atoms with Crippen molar-refractivity contribution in [2.45, 2.75) is 44.6 Å². The molecule has 1 rings (SSSR count). The van der Waals surface area contributed by atoms with E-state index in [2.05, 4.69) is 5.32 Å². The number of nitrogens with one attached hydrogen (secondary N) is 1. The summed E-state index contributed by atoms with van der Waals surface area (Å²) >= 11 is 0. The van der Waals surface area contributed by atoms with Gasteiger partial charge in [0.05, 0.1) is 6.10 Å². The van der Waals surface area contributed by atoms with Crippen LogP contribution < -0.4 is 11.1 Å². The zero-order chi connectivity index (χ0) is 10.9. The lowest BCUT2D eigenvalue weighted by molar-refractivity contribution is -0.118. The molecule has 0 spiro atoms. The highest BCUT2D eigenvalue weighted by Gasteiger charge is 2.12. The lowest BCUT2D eigenvalue weighted by Crippen LogP contribution is -2.32. The molecule has 0 bridgehead atoms. The monoisotopic (exact) mass is 214 g/mol. The number of nitrogens with two attached hydrogens (primary N) is 1. The Morgan fingerprint density at radius 3 is 2.93 bits per heavy atom. The predicted octanol–water partition coefficient (Wildman–Crippen LogP) is 0.801. The molecule has 0 aliphatic carbocycles. The first-order chi connectivity index (χ1) is 7.29. The summed E-state index contributed by atoms with van der Waals surface area (Å²) in [5, 5.41) is 3.35. The van der Waals surface area contributed by atoms with E-state index in [1.165, 1.54) is 19.3 Å².